The molecule has 2 spiro atoms. The first kappa shape index (κ1) is 38.9. The van der Waals surface area contributed by atoms with Gasteiger partial charge in [0.2, 0.25) is 0 Å². The fraction of sp³-hybridized carbons (Fsp3) is 0.0606. The highest BCUT2D eigenvalue weighted by molar-refractivity contribution is 7.99. The summed E-state index contributed by atoms with van der Waals surface area (Å²) in [6.07, 6.45) is 9.95. The van der Waals surface area contributed by atoms with Crippen LogP contribution in [0.25, 0.3) is 33.0 Å². The lowest BCUT2D eigenvalue weighted by Crippen LogP contribution is -2.32. The van der Waals surface area contributed by atoms with Gasteiger partial charge >= 0.3 is 0 Å². The topological polar surface area (TPSA) is 12.5 Å². The maximum Gasteiger partial charge on any atom is 0.132 e. The molecule has 0 radical (unpaired) electrons. The van der Waals surface area contributed by atoms with Gasteiger partial charge in [0.1, 0.15) is 11.5 Å². The number of benzene rings is 10. The summed E-state index contributed by atoms with van der Waals surface area (Å²) in [5.41, 5.74) is 18.7. The van der Waals surface area contributed by atoms with Gasteiger partial charge in [0, 0.05) is 43.8 Å². The number of hydrogen-bond acceptors (Lipinski definition) is 3. The lowest BCUT2D eigenvalue weighted by molar-refractivity contribution is 0.436. The van der Waals surface area contributed by atoms with E-state index in [1.807, 2.05) is 11.8 Å². The molecule has 0 bridgehead atoms. The first-order valence-electron chi connectivity index (χ1n) is 24.1. The smallest absolute Gasteiger partial charge is 0.132 e. The molecule has 2 atom stereocenters. The van der Waals surface area contributed by atoms with Crippen molar-refractivity contribution < 1.29 is 4.74 Å². The lowest BCUT2D eigenvalue weighted by Gasteiger charge is -2.40. The fourth-order valence-corrected chi connectivity index (χ4v) is 14.1. The number of fused-ring (bicyclic) bond motifs is 19. The van der Waals surface area contributed by atoms with Crippen molar-refractivity contribution >= 4 is 39.6 Å². The van der Waals surface area contributed by atoms with E-state index in [1.165, 1.54) is 81.8 Å². The van der Waals surface area contributed by atoms with Gasteiger partial charge in [-0.25, -0.2) is 0 Å². The summed E-state index contributed by atoms with van der Waals surface area (Å²) in [7, 11) is 0. The number of hydrogen-bond donors (Lipinski definition) is 0. The highest BCUT2D eigenvalue weighted by Crippen LogP contribution is 2.66. The molecule has 2 heterocycles. The van der Waals surface area contributed by atoms with Crippen LogP contribution in [-0.2, 0) is 10.8 Å². The molecule has 15 rings (SSSR count). The molecule has 0 amide bonds. The Bertz CT molecular complexity index is 3820. The summed E-state index contributed by atoms with van der Waals surface area (Å²) >= 11 is 1.90. The van der Waals surface area contributed by atoms with E-state index in [-0.39, 0.29) is 0 Å². The van der Waals surface area contributed by atoms with Crippen LogP contribution in [0.1, 0.15) is 62.4 Å². The molecule has 0 saturated carbocycles. The summed E-state index contributed by atoms with van der Waals surface area (Å²) in [6, 6.07) is 82.2. The molecule has 324 valence electrons. The molecule has 10 aromatic carbocycles. The Morgan fingerprint density at radius 3 is 1.77 bits per heavy atom. The van der Waals surface area contributed by atoms with E-state index in [4.69, 9.17) is 4.74 Å². The minimum atomic E-state index is -0.602. The van der Waals surface area contributed by atoms with Gasteiger partial charge in [-0.3, -0.25) is 0 Å². The monoisotopic (exact) mass is 897 g/mol. The molecule has 3 heteroatoms. The lowest BCUT2D eigenvalue weighted by atomic mass is 9.66. The van der Waals surface area contributed by atoms with Crippen molar-refractivity contribution in [1.29, 1.82) is 0 Å². The van der Waals surface area contributed by atoms with Gasteiger partial charge in [-0.2, -0.15) is 0 Å². The van der Waals surface area contributed by atoms with E-state index in [1.54, 1.807) is 0 Å². The Kier molecular flexibility index (Phi) is 8.29. The minimum absolute atomic E-state index is 0.345. The second kappa shape index (κ2) is 14.7. The Hall–Kier alpha value is -8.11. The van der Waals surface area contributed by atoms with Crippen LogP contribution in [0, 0.1) is 0 Å². The van der Waals surface area contributed by atoms with Crippen molar-refractivity contribution in [1.82, 2.24) is 0 Å². The molecule has 0 N–H and O–H groups in total. The number of ether oxygens (including phenoxy) is 1. The molecule has 2 unspecified atom stereocenters. The van der Waals surface area contributed by atoms with Gasteiger partial charge in [0.05, 0.1) is 16.5 Å². The fourth-order valence-electron chi connectivity index (χ4n) is 12.9. The van der Waals surface area contributed by atoms with E-state index >= 15 is 0 Å². The van der Waals surface area contributed by atoms with Crippen LogP contribution in [0.15, 0.2) is 252 Å². The minimum Gasteiger partial charge on any atom is -0.457 e. The molecule has 69 heavy (non-hydrogen) atoms. The van der Waals surface area contributed by atoms with Gasteiger partial charge in [-0.05, 0) is 133 Å². The van der Waals surface area contributed by atoms with Crippen molar-refractivity contribution in [2.24, 2.45) is 0 Å². The van der Waals surface area contributed by atoms with Crippen LogP contribution < -0.4 is 9.64 Å². The predicted molar refractivity (Wildman–Crippen MR) is 283 cm³/mol. The third kappa shape index (κ3) is 5.28. The van der Waals surface area contributed by atoms with Gasteiger partial charge < -0.3 is 9.64 Å². The summed E-state index contributed by atoms with van der Waals surface area (Å²) in [6.45, 7) is 0. The van der Waals surface area contributed by atoms with Gasteiger partial charge in [-0.1, -0.05) is 194 Å². The van der Waals surface area contributed by atoms with Crippen LogP contribution in [-0.4, -0.2) is 0 Å². The number of allylic oxidation sites excluding steroid dienone is 4. The maximum atomic E-state index is 6.76. The zero-order valence-corrected chi connectivity index (χ0v) is 38.5. The number of anilines is 3. The molecule has 0 fully saturated rings. The Balaban J connectivity index is 1.02. The summed E-state index contributed by atoms with van der Waals surface area (Å²) in [5, 5.41) is 2.52. The first-order chi connectivity index (χ1) is 34.2. The van der Waals surface area contributed by atoms with Crippen molar-refractivity contribution in [3.8, 4) is 33.8 Å². The summed E-state index contributed by atoms with van der Waals surface area (Å²) in [4.78, 5) is 5.15. The molecular weight excluding hydrogens is 855 g/mol. The average Bonchev–Trinajstić information content (AvgIpc) is 3.87. The number of nitrogens with zero attached hydrogens (tertiary/aromatic N) is 1. The zero-order chi connectivity index (χ0) is 45.3. The van der Waals surface area contributed by atoms with E-state index in [0.717, 1.165) is 46.1 Å². The highest BCUT2D eigenvalue weighted by Gasteiger charge is 2.53. The molecule has 0 saturated heterocycles. The van der Waals surface area contributed by atoms with E-state index in [0.29, 0.717) is 5.92 Å². The second-order valence-corrected chi connectivity index (χ2v) is 20.1. The number of rotatable bonds is 4. The van der Waals surface area contributed by atoms with Crippen molar-refractivity contribution in [2.45, 2.75) is 33.0 Å². The molecule has 0 aromatic heterocycles. The molecular formula is C66H43NOS. The van der Waals surface area contributed by atoms with E-state index in [9.17, 15) is 0 Å². The molecule has 2 aliphatic heterocycles. The van der Waals surface area contributed by atoms with Crippen molar-refractivity contribution in [3.63, 3.8) is 0 Å². The highest BCUT2D eigenvalue weighted by atomic mass is 32.2. The Labute approximate surface area is 406 Å². The summed E-state index contributed by atoms with van der Waals surface area (Å²) < 4.78 is 6.76. The van der Waals surface area contributed by atoms with Gasteiger partial charge in [0.15, 0.2) is 0 Å². The SMILES string of the molecule is C1=CCC(c2ccc(N(c3ccc4c(c3)C3(c5ccccc5Oc5ccccc53)c3ccccc3-4)c3cccc4c3-c3ccccc3C43c4ccccc4Sc4cc5ccccc5cc43)cc2)C=C1. The van der Waals surface area contributed by atoms with Crippen LogP contribution in [0.5, 0.6) is 11.5 Å². The van der Waals surface area contributed by atoms with Crippen molar-refractivity contribution in [2.75, 3.05) is 4.90 Å². The van der Waals surface area contributed by atoms with E-state index in [2.05, 4.69) is 248 Å². The Morgan fingerprint density at radius 2 is 1.01 bits per heavy atom. The quantitative estimate of drug-likeness (QED) is 0.175. The summed E-state index contributed by atoms with van der Waals surface area (Å²) in [5.74, 6) is 2.13. The normalized spacial score (nSPS) is 17.8. The van der Waals surface area contributed by atoms with Crippen LogP contribution in [0.3, 0.4) is 0 Å². The molecule has 3 aliphatic carbocycles. The third-order valence-corrected chi connectivity index (χ3v) is 16.8. The van der Waals surface area contributed by atoms with Crippen molar-refractivity contribution in [3.05, 3.63) is 293 Å². The van der Waals surface area contributed by atoms with Gasteiger partial charge in [-0.15, -0.1) is 0 Å². The first-order valence-corrected chi connectivity index (χ1v) is 24.9. The second-order valence-electron chi connectivity index (χ2n) is 19.0. The average molecular weight is 898 g/mol. The van der Waals surface area contributed by atoms with Gasteiger partial charge in [0.25, 0.3) is 0 Å². The van der Waals surface area contributed by atoms with E-state index < -0.39 is 10.8 Å². The van der Waals surface area contributed by atoms with Crippen LogP contribution in [0.2, 0.25) is 0 Å². The molecule has 5 aliphatic rings. The predicted octanol–water partition coefficient (Wildman–Crippen LogP) is 17.2. The molecule has 2 nitrogen and oxygen atoms in total. The van der Waals surface area contributed by atoms with Crippen LogP contribution in [0.4, 0.5) is 17.1 Å². The zero-order valence-electron chi connectivity index (χ0n) is 37.6. The van der Waals surface area contributed by atoms with Crippen LogP contribution >= 0.6 is 11.8 Å². The third-order valence-electron chi connectivity index (χ3n) is 15.7. The Morgan fingerprint density at radius 1 is 0.420 bits per heavy atom. The largest absolute Gasteiger partial charge is 0.457 e. The molecule has 10 aromatic rings. The standard InChI is InChI=1S/C66H43NOS/c1-2-17-42(18-3-1)43-33-35-46(36-34-43)67(47-37-38-49-48-21-6-8-23-51(48)65(57(49)41-47)53-25-10-13-30-60(53)68-61-31-14-11-26-54(61)65)59-29-16-28-56-64(59)50-22-7-9-24-52(50)66(56)55-27-12-15-32-62(55)69-63-40-45-20-5-4-19-44(45)39-58(63)66/h1-17,19-42H,18H2. The maximum absolute atomic E-state index is 6.76. The number of para-hydroxylation sites is 2.